The molecule has 0 amide bonds. The zero-order chi connectivity index (χ0) is 12.4. The van der Waals surface area contributed by atoms with Gasteiger partial charge >= 0.3 is 0 Å². The summed E-state index contributed by atoms with van der Waals surface area (Å²) in [7, 11) is 2.14. The first-order valence-corrected chi connectivity index (χ1v) is 6.06. The second kappa shape index (κ2) is 4.92. The summed E-state index contributed by atoms with van der Waals surface area (Å²) < 4.78 is 12.9. The van der Waals surface area contributed by atoms with Crippen LogP contribution in [0.4, 0.5) is 15.8 Å². The van der Waals surface area contributed by atoms with Crippen molar-refractivity contribution >= 4 is 11.4 Å². The van der Waals surface area contributed by atoms with E-state index in [9.17, 15) is 4.39 Å². The molecule has 0 aliphatic carbocycles. The van der Waals surface area contributed by atoms with Gasteiger partial charge in [0.15, 0.2) is 0 Å². The van der Waals surface area contributed by atoms with Crippen LogP contribution in [0.25, 0.3) is 0 Å². The number of hydrogen-bond acceptors (Lipinski definition) is 3. The Morgan fingerprint density at radius 1 is 1.47 bits per heavy atom. The van der Waals surface area contributed by atoms with Gasteiger partial charge in [0.25, 0.3) is 0 Å². The summed E-state index contributed by atoms with van der Waals surface area (Å²) >= 11 is 0. The molecule has 0 aromatic heterocycles. The number of halogens is 1. The van der Waals surface area contributed by atoms with Crippen molar-refractivity contribution < 1.29 is 4.39 Å². The third-order valence-electron chi connectivity index (χ3n) is 3.46. The maximum atomic E-state index is 12.9. The van der Waals surface area contributed by atoms with E-state index in [1.807, 2.05) is 0 Å². The van der Waals surface area contributed by atoms with Crippen molar-refractivity contribution in [3.63, 3.8) is 0 Å². The van der Waals surface area contributed by atoms with E-state index in [0.29, 0.717) is 17.6 Å². The third-order valence-corrected chi connectivity index (χ3v) is 3.46. The number of benzene rings is 1. The van der Waals surface area contributed by atoms with Crippen LogP contribution in [-0.2, 0) is 0 Å². The molecule has 0 radical (unpaired) electrons. The number of hydrogen-bond donors (Lipinski definition) is 2. The topological polar surface area (TPSA) is 41.3 Å². The van der Waals surface area contributed by atoms with Gasteiger partial charge in [-0.3, -0.25) is 0 Å². The molecule has 0 saturated carbocycles. The molecule has 1 saturated heterocycles. The molecule has 3 nitrogen and oxygen atoms in total. The fourth-order valence-electron chi connectivity index (χ4n) is 2.43. The lowest BCUT2D eigenvalue weighted by Crippen LogP contribution is -2.43. The molecule has 0 spiro atoms. The Hall–Kier alpha value is -1.29. The molecule has 1 aromatic carbocycles. The van der Waals surface area contributed by atoms with E-state index in [4.69, 9.17) is 5.73 Å². The number of nitrogen functional groups attached to an aromatic ring is 1. The summed E-state index contributed by atoms with van der Waals surface area (Å²) in [5.74, 6) is 0.280. The van der Waals surface area contributed by atoms with Gasteiger partial charge in [0, 0.05) is 12.6 Å². The zero-order valence-corrected chi connectivity index (χ0v) is 10.4. The van der Waals surface area contributed by atoms with E-state index in [1.165, 1.54) is 12.1 Å². The molecule has 2 atom stereocenters. The van der Waals surface area contributed by atoms with Gasteiger partial charge in [-0.25, -0.2) is 4.39 Å². The minimum atomic E-state index is -0.288. The number of rotatable bonds is 2. The quantitative estimate of drug-likeness (QED) is 0.774. The highest BCUT2D eigenvalue weighted by Gasteiger charge is 2.24. The lowest BCUT2D eigenvalue weighted by Gasteiger charge is -2.36. The van der Waals surface area contributed by atoms with Gasteiger partial charge in [-0.15, -0.1) is 0 Å². The number of nitrogens with one attached hydrogen (secondary N) is 1. The highest BCUT2D eigenvalue weighted by Crippen LogP contribution is 2.25. The van der Waals surface area contributed by atoms with Crippen LogP contribution in [0.3, 0.4) is 0 Å². The normalized spacial score (nSPS) is 25.8. The molecule has 0 bridgehead atoms. The molecule has 17 heavy (non-hydrogen) atoms. The summed E-state index contributed by atoms with van der Waals surface area (Å²) in [5, 5.41) is 3.43. The molecular weight excluding hydrogens is 217 g/mol. The standard InChI is InChI=1S/C13H20FN3/c1-9-8-17(2)6-5-12(9)16-13-4-3-10(14)7-11(13)15/h3-4,7,9,12,16H,5-6,8,15H2,1-2H3. The fourth-order valence-corrected chi connectivity index (χ4v) is 2.43. The molecule has 1 aliphatic rings. The van der Waals surface area contributed by atoms with Crippen LogP contribution in [-0.4, -0.2) is 31.1 Å². The van der Waals surface area contributed by atoms with Gasteiger partial charge in [0.2, 0.25) is 0 Å². The summed E-state index contributed by atoms with van der Waals surface area (Å²) in [6.45, 7) is 4.40. The second-order valence-corrected chi connectivity index (χ2v) is 5.01. The molecule has 1 aromatic rings. The van der Waals surface area contributed by atoms with Crippen LogP contribution in [0, 0.1) is 11.7 Å². The molecule has 94 valence electrons. The van der Waals surface area contributed by atoms with E-state index in [1.54, 1.807) is 6.07 Å². The maximum Gasteiger partial charge on any atom is 0.125 e. The zero-order valence-electron chi connectivity index (χ0n) is 10.4. The smallest absolute Gasteiger partial charge is 0.125 e. The van der Waals surface area contributed by atoms with Gasteiger partial charge in [-0.2, -0.15) is 0 Å². The number of nitrogens with zero attached hydrogens (tertiary/aromatic N) is 1. The van der Waals surface area contributed by atoms with Gasteiger partial charge in [0.1, 0.15) is 5.82 Å². The highest BCUT2D eigenvalue weighted by molar-refractivity contribution is 5.66. The summed E-state index contributed by atoms with van der Waals surface area (Å²) in [6.07, 6.45) is 1.09. The lowest BCUT2D eigenvalue weighted by atomic mass is 9.94. The highest BCUT2D eigenvalue weighted by atomic mass is 19.1. The van der Waals surface area contributed by atoms with E-state index < -0.39 is 0 Å². The van der Waals surface area contributed by atoms with Gasteiger partial charge in [0.05, 0.1) is 11.4 Å². The fraction of sp³-hybridized carbons (Fsp3) is 0.538. The van der Waals surface area contributed by atoms with Crippen molar-refractivity contribution in [1.82, 2.24) is 4.90 Å². The average molecular weight is 237 g/mol. The van der Waals surface area contributed by atoms with Crippen LogP contribution in [0.15, 0.2) is 18.2 Å². The minimum absolute atomic E-state index is 0.288. The van der Waals surface area contributed by atoms with E-state index in [0.717, 1.165) is 25.2 Å². The first kappa shape index (κ1) is 12.2. The second-order valence-electron chi connectivity index (χ2n) is 5.01. The van der Waals surface area contributed by atoms with Gasteiger partial charge < -0.3 is 16.0 Å². The van der Waals surface area contributed by atoms with Crippen LogP contribution in [0.5, 0.6) is 0 Å². The molecule has 1 heterocycles. The van der Waals surface area contributed by atoms with E-state index in [-0.39, 0.29) is 5.82 Å². The summed E-state index contributed by atoms with van der Waals surface area (Å²) in [4.78, 5) is 2.33. The van der Waals surface area contributed by atoms with Gasteiger partial charge in [-0.05, 0) is 44.1 Å². The first-order valence-electron chi connectivity index (χ1n) is 6.06. The monoisotopic (exact) mass is 237 g/mol. The third kappa shape index (κ3) is 2.88. The maximum absolute atomic E-state index is 12.9. The van der Waals surface area contributed by atoms with Crippen molar-refractivity contribution in [1.29, 1.82) is 0 Å². The number of likely N-dealkylation sites (tertiary alicyclic amines) is 1. The van der Waals surface area contributed by atoms with Crippen LogP contribution < -0.4 is 11.1 Å². The SMILES string of the molecule is CC1CN(C)CCC1Nc1ccc(F)cc1N. The molecule has 2 unspecified atom stereocenters. The van der Waals surface area contributed by atoms with Crippen molar-refractivity contribution in [2.75, 3.05) is 31.2 Å². The molecule has 2 rings (SSSR count). The summed E-state index contributed by atoms with van der Waals surface area (Å²) in [5.41, 5.74) is 7.12. The van der Waals surface area contributed by atoms with E-state index in [2.05, 4.69) is 24.2 Å². The predicted molar refractivity (Wildman–Crippen MR) is 69.5 cm³/mol. The molecule has 1 fully saturated rings. The number of nitrogens with two attached hydrogens (primary N) is 1. The Labute approximate surface area is 102 Å². The van der Waals surface area contributed by atoms with Crippen LogP contribution >= 0.6 is 0 Å². The minimum Gasteiger partial charge on any atom is -0.397 e. The Kier molecular flexibility index (Phi) is 3.52. The Bertz CT molecular complexity index is 394. The van der Waals surface area contributed by atoms with Crippen LogP contribution in [0.1, 0.15) is 13.3 Å². The van der Waals surface area contributed by atoms with Crippen molar-refractivity contribution in [3.05, 3.63) is 24.0 Å². The number of piperidine rings is 1. The molecule has 1 aliphatic heterocycles. The van der Waals surface area contributed by atoms with Crippen molar-refractivity contribution in [3.8, 4) is 0 Å². The van der Waals surface area contributed by atoms with E-state index >= 15 is 0 Å². The predicted octanol–water partition coefficient (Wildman–Crippen LogP) is 2.16. The van der Waals surface area contributed by atoms with Crippen LogP contribution in [0.2, 0.25) is 0 Å². The first-order chi connectivity index (χ1) is 8.06. The molecular formula is C13H20FN3. The lowest BCUT2D eigenvalue weighted by molar-refractivity contribution is 0.206. The average Bonchev–Trinajstić information content (AvgIpc) is 2.25. The Balaban J connectivity index is 2.05. The molecule has 3 N–H and O–H groups in total. The van der Waals surface area contributed by atoms with Crippen molar-refractivity contribution in [2.45, 2.75) is 19.4 Å². The van der Waals surface area contributed by atoms with Gasteiger partial charge in [-0.1, -0.05) is 6.92 Å². The Morgan fingerprint density at radius 3 is 2.88 bits per heavy atom. The number of anilines is 2. The van der Waals surface area contributed by atoms with Crippen molar-refractivity contribution in [2.24, 2.45) is 5.92 Å². The largest absolute Gasteiger partial charge is 0.397 e. The summed E-state index contributed by atoms with van der Waals surface area (Å²) in [6, 6.07) is 4.94. The Morgan fingerprint density at radius 2 is 2.24 bits per heavy atom. The molecule has 4 heteroatoms.